The van der Waals surface area contributed by atoms with Crippen molar-refractivity contribution in [1.82, 2.24) is 4.98 Å². The van der Waals surface area contributed by atoms with Crippen LogP contribution in [0.15, 0.2) is 18.2 Å². The van der Waals surface area contributed by atoms with Crippen LogP contribution in [0.3, 0.4) is 0 Å². The standard InChI is InChI=1S/C15H18N2O3/c18-9-2-1-4-13-5-3-6-14(16-13)17-15(19)12-7-10-20-11-8-12/h3,5-6,12,18H,2,7-11H2,(H,16,17,19). The summed E-state index contributed by atoms with van der Waals surface area (Å²) in [5.41, 5.74) is 0.586. The molecule has 1 aromatic heterocycles. The van der Waals surface area contributed by atoms with Gasteiger partial charge in [0, 0.05) is 25.6 Å². The number of ether oxygens (including phenoxy) is 1. The number of carbonyl (C=O) groups is 1. The van der Waals surface area contributed by atoms with Crippen molar-refractivity contribution < 1.29 is 14.6 Å². The number of hydrogen-bond acceptors (Lipinski definition) is 4. The maximum absolute atomic E-state index is 12.1. The van der Waals surface area contributed by atoms with Gasteiger partial charge in [0.05, 0.1) is 6.61 Å². The van der Waals surface area contributed by atoms with Gasteiger partial charge in [0.25, 0.3) is 0 Å². The molecule has 1 fully saturated rings. The first-order chi connectivity index (χ1) is 9.79. The van der Waals surface area contributed by atoms with Crippen LogP contribution in [-0.2, 0) is 9.53 Å². The van der Waals surface area contributed by atoms with Gasteiger partial charge in [0.2, 0.25) is 5.91 Å². The highest BCUT2D eigenvalue weighted by Crippen LogP contribution is 2.16. The fourth-order valence-electron chi connectivity index (χ4n) is 1.97. The van der Waals surface area contributed by atoms with Crippen molar-refractivity contribution in [2.24, 2.45) is 5.92 Å². The van der Waals surface area contributed by atoms with Crippen molar-refractivity contribution in [3.05, 3.63) is 23.9 Å². The summed E-state index contributed by atoms with van der Waals surface area (Å²) in [6, 6.07) is 5.32. The lowest BCUT2D eigenvalue weighted by atomic mass is 9.99. The highest BCUT2D eigenvalue weighted by molar-refractivity contribution is 5.91. The summed E-state index contributed by atoms with van der Waals surface area (Å²) >= 11 is 0. The minimum absolute atomic E-state index is 0.00493. The van der Waals surface area contributed by atoms with E-state index in [4.69, 9.17) is 9.84 Å². The highest BCUT2D eigenvalue weighted by atomic mass is 16.5. The van der Waals surface area contributed by atoms with Gasteiger partial charge in [0.1, 0.15) is 11.5 Å². The highest BCUT2D eigenvalue weighted by Gasteiger charge is 2.21. The Hall–Kier alpha value is -1.90. The number of aromatic nitrogens is 1. The summed E-state index contributed by atoms with van der Waals surface area (Å²) in [5.74, 6) is 6.14. The number of nitrogens with zero attached hydrogens (tertiary/aromatic N) is 1. The summed E-state index contributed by atoms with van der Waals surface area (Å²) < 4.78 is 5.24. The van der Waals surface area contributed by atoms with E-state index >= 15 is 0 Å². The minimum Gasteiger partial charge on any atom is -0.395 e. The second-order valence-electron chi connectivity index (χ2n) is 4.56. The molecule has 0 atom stereocenters. The summed E-state index contributed by atoms with van der Waals surface area (Å²) in [6.45, 7) is 1.31. The third-order valence-electron chi connectivity index (χ3n) is 3.05. The molecule has 0 bridgehead atoms. The van der Waals surface area contributed by atoms with Crippen LogP contribution in [0.4, 0.5) is 5.82 Å². The van der Waals surface area contributed by atoms with E-state index in [2.05, 4.69) is 22.1 Å². The van der Waals surface area contributed by atoms with Gasteiger partial charge >= 0.3 is 0 Å². The molecule has 0 spiro atoms. The molecule has 20 heavy (non-hydrogen) atoms. The van der Waals surface area contributed by atoms with Gasteiger partial charge in [-0.15, -0.1) is 0 Å². The van der Waals surface area contributed by atoms with Crippen molar-refractivity contribution in [1.29, 1.82) is 0 Å². The fraction of sp³-hybridized carbons (Fsp3) is 0.467. The lowest BCUT2D eigenvalue weighted by Gasteiger charge is -2.20. The number of amides is 1. The second kappa shape index (κ2) is 7.63. The average Bonchev–Trinajstić information content (AvgIpc) is 2.49. The van der Waals surface area contributed by atoms with Gasteiger partial charge in [-0.25, -0.2) is 4.98 Å². The number of anilines is 1. The van der Waals surface area contributed by atoms with E-state index in [1.54, 1.807) is 18.2 Å². The molecule has 1 aliphatic rings. The number of nitrogens with one attached hydrogen (secondary N) is 1. The van der Waals surface area contributed by atoms with Crippen LogP contribution in [-0.4, -0.2) is 35.8 Å². The summed E-state index contributed by atoms with van der Waals surface area (Å²) in [4.78, 5) is 16.3. The molecule has 0 aliphatic carbocycles. The molecule has 1 saturated heterocycles. The fourth-order valence-corrected chi connectivity index (χ4v) is 1.97. The van der Waals surface area contributed by atoms with Crippen LogP contribution >= 0.6 is 0 Å². The molecule has 1 amide bonds. The number of carbonyl (C=O) groups excluding carboxylic acids is 1. The molecule has 2 heterocycles. The van der Waals surface area contributed by atoms with Crippen LogP contribution in [0, 0.1) is 17.8 Å². The van der Waals surface area contributed by atoms with Crippen molar-refractivity contribution in [2.45, 2.75) is 19.3 Å². The number of aliphatic hydroxyl groups excluding tert-OH is 1. The molecule has 0 unspecified atom stereocenters. The lowest BCUT2D eigenvalue weighted by molar-refractivity contribution is -0.122. The monoisotopic (exact) mass is 274 g/mol. The van der Waals surface area contributed by atoms with Crippen LogP contribution in [0.2, 0.25) is 0 Å². The van der Waals surface area contributed by atoms with Crippen LogP contribution in [0.1, 0.15) is 25.0 Å². The predicted molar refractivity (Wildman–Crippen MR) is 75.0 cm³/mol. The molecule has 0 saturated carbocycles. The molecular formula is C15H18N2O3. The third kappa shape index (κ3) is 4.34. The Morgan fingerprint density at radius 2 is 2.25 bits per heavy atom. The topological polar surface area (TPSA) is 71.5 Å². The Labute approximate surface area is 118 Å². The van der Waals surface area contributed by atoms with Crippen molar-refractivity contribution in [3.8, 4) is 11.8 Å². The predicted octanol–water partition coefficient (Wildman–Crippen LogP) is 1.18. The average molecular weight is 274 g/mol. The van der Waals surface area contributed by atoms with E-state index in [1.165, 1.54) is 0 Å². The van der Waals surface area contributed by atoms with E-state index in [0.717, 1.165) is 12.8 Å². The van der Waals surface area contributed by atoms with E-state index in [-0.39, 0.29) is 18.4 Å². The Kier molecular flexibility index (Phi) is 5.54. The molecule has 1 aliphatic heterocycles. The first-order valence-electron chi connectivity index (χ1n) is 6.75. The largest absolute Gasteiger partial charge is 0.395 e. The SMILES string of the molecule is O=C(Nc1cccc(C#CCCO)n1)C1CCOCC1. The van der Waals surface area contributed by atoms with Crippen molar-refractivity contribution >= 4 is 11.7 Å². The van der Waals surface area contributed by atoms with Crippen LogP contribution in [0.25, 0.3) is 0 Å². The molecule has 0 aromatic carbocycles. The molecular weight excluding hydrogens is 256 g/mol. The smallest absolute Gasteiger partial charge is 0.228 e. The van der Waals surface area contributed by atoms with Gasteiger partial charge < -0.3 is 15.2 Å². The van der Waals surface area contributed by atoms with Crippen molar-refractivity contribution in [2.75, 3.05) is 25.1 Å². The molecule has 1 aromatic rings. The van der Waals surface area contributed by atoms with Gasteiger partial charge in [0.15, 0.2) is 0 Å². The lowest BCUT2D eigenvalue weighted by Crippen LogP contribution is -2.28. The zero-order valence-corrected chi connectivity index (χ0v) is 11.3. The first kappa shape index (κ1) is 14.5. The van der Waals surface area contributed by atoms with E-state index < -0.39 is 0 Å². The quantitative estimate of drug-likeness (QED) is 0.812. The zero-order valence-electron chi connectivity index (χ0n) is 11.3. The Morgan fingerprint density at radius 3 is 3.00 bits per heavy atom. The summed E-state index contributed by atoms with van der Waals surface area (Å²) in [7, 11) is 0. The van der Waals surface area contributed by atoms with Crippen LogP contribution < -0.4 is 5.32 Å². The summed E-state index contributed by atoms with van der Waals surface area (Å²) in [5, 5.41) is 11.5. The Morgan fingerprint density at radius 1 is 1.45 bits per heavy atom. The molecule has 0 radical (unpaired) electrons. The molecule has 2 N–H and O–H groups in total. The van der Waals surface area contributed by atoms with Crippen molar-refractivity contribution in [3.63, 3.8) is 0 Å². The number of rotatable bonds is 3. The first-order valence-corrected chi connectivity index (χ1v) is 6.75. The maximum Gasteiger partial charge on any atom is 0.228 e. The Bertz CT molecular complexity index is 513. The van der Waals surface area contributed by atoms with Gasteiger partial charge in [-0.2, -0.15) is 0 Å². The van der Waals surface area contributed by atoms with E-state index in [0.29, 0.717) is 31.1 Å². The van der Waals surface area contributed by atoms with Crippen LogP contribution in [0.5, 0.6) is 0 Å². The number of aliphatic hydroxyl groups is 1. The second-order valence-corrected chi connectivity index (χ2v) is 4.56. The third-order valence-corrected chi connectivity index (χ3v) is 3.05. The van der Waals surface area contributed by atoms with Gasteiger partial charge in [-0.1, -0.05) is 12.0 Å². The number of hydrogen-bond donors (Lipinski definition) is 2. The van der Waals surface area contributed by atoms with E-state index in [1.807, 2.05) is 0 Å². The van der Waals surface area contributed by atoms with Gasteiger partial charge in [-0.3, -0.25) is 4.79 Å². The maximum atomic E-state index is 12.1. The number of pyridine rings is 1. The molecule has 5 heteroatoms. The molecule has 106 valence electrons. The normalized spacial score (nSPS) is 15.2. The molecule has 5 nitrogen and oxygen atoms in total. The summed E-state index contributed by atoms with van der Waals surface area (Å²) in [6.07, 6.45) is 1.92. The zero-order chi connectivity index (χ0) is 14.2. The van der Waals surface area contributed by atoms with E-state index in [9.17, 15) is 4.79 Å². The van der Waals surface area contributed by atoms with Gasteiger partial charge in [-0.05, 0) is 30.9 Å². The minimum atomic E-state index is -0.0127. The molecule has 2 rings (SSSR count). The Balaban J connectivity index is 1.97.